The van der Waals surface area contributed by atoms with Crippen molar-refractivity contribution >= 4 is 16.6 Å². The summed E-state index contributed by atoms with van der Waals surface area (Å²) in [7, 11) is 0. The maximum atomic E-state index is 7.43. The smallest absolute Gasteiger partial charge is 0.0918 e. The van der Waals surface area contributed by atoms with E-state index in [-0.39, 0.29) is 5.84 Å². The zero-order valence-corrected chi connectivity index (χ0v) is 13.0. The van der Waals surface area contributed by atoms with E-state index in [4.69, 9.17) is 11.1 Å². The average molecular weight is 283 g/mol. The molecule has 3 nitrogen and oxygen atoms in total. The number of amidine groups is 1. The monoisotopic (exact) mass is 283 g/mol. The van der Waals surface area contributed by atoms with E-state index in [9.17, 15) is 0 Å². The molecule has 0 radical (unpaired) electrons. The summed E-state index contributed by atoms with van der Waals surface area (Å²) in [5.74, 6) is 0.869. The van der Waals surface area contributed by atoms with Crippen LogP contribution in [0.2, 0.25) is 0 Å². The summed E-state index contributed by atoms with van der Waals surface area (Å²) in [4.78, 5) is 2.40. The van der Waals surface area contributed by atoms with Crippen LogP contribution in [-0.2, 0) is 6.54 Å². The Labute approximate surface area is 127 Å². The summed E-state index contributed by atoms with van der Waals surface area (Å²) in [5, 5.41) is 10.0. The van der Waals surface area contributed by atoms with Crippen molar-refractivity contribution in [1.82, 2.24) is 4.90 Å². The van der Waals surface area contributed by atoms with E-state index in [1.54, 1.807) is 0 Å². The second-order valence-corrected chi connectivity index (χ2v) is 6.04. The van der Waals surface area contributed by atoms with Crippen LogP contribution in [-0.4, -0.2) is 23.8 Å². The van der Waals surface area contributed by atoms with Gasteiger partial charge in [0.2, 0.25) is 0 Å². The molecule has 0 amide bonds. The lowest BCUT2D eigenvalue weighted by atomic mass is 10.0. The summed E-state index contributed by atoms with van der Waals surface area (Å²) in [6.07, 6.45) is 0.636. The van der Waals surface area contributed by atoms with Crippen molar-refractivity contribution in [3.63, 3.8) is 0 Å². The fraction of sp³-hybridized carbons (Fsp3) is 0.389. The third kappa shape index (κ3) is 4.57. The number of hydrogen-bond acceptors (Lipinski definition) is 2. The third-order valence-corrected chi connectivity index (χ3v) is 3.59. The number of nitrogens with one attached hydrogen (secondary N) is 1. The Bertz CT molecular complexity index is 599. The van der Waals surface area contributed by atoms with Gasteiger partial charge < -0.3 is 5.73 Å². The molecule has 0 saturated carbocycles. The number of nitrogens with two attached hydrogens (primary N) is 1. The zero-order chi connectivity index (χ0) is 15.2. The lowest BCUT2D eigenvalue weighted by molar-refractivity contribution is 0.243. The number of rotatable bonds is 7. The SMILES string of the molecule is CC(C)CN(CCC(=N)N)Cc1cccc2ccccc12. The number of benzene rings is 2. The molecule has 0 fully saturated rings. The molecule has 21 heavy (non-hydrogen) atoms. The maximum Gasteiger partial charge on any atom is 0.0918 e. The second kappa shape index (κ2) is 7.23. The number of nitrogens with zero attached hydrogens (tertiary/aromatic N) is 1. The van der Waals surface area contributed by atoms with Crippen LogP contribution in [0.15, 0.2) is 42.5 Å². The molecule has 0 heterocycles. The van der Waals surface area contributed by atoms with E-state index in [0.717, 1.165) is 19.6 Å². The lowest BCUT2D eigenvalue weighted by Crippen LogP contribution is -2.31. The first-order valence-corrected chi connectivity index (χ1v) is 7.58. The van der Waals surface area contributed by atoms with E-state index >= 15 is 0 Å². The van der Waals surface area contributed by atoms with Crippen LogP contribution in [0.1, 0.15) is 25.8 Å². The highest BCUT2D eigenvalue weighted by molar-refractivity contribution is 5.85. The van der Waals surface area contributed by atoms with Crippen molar-refractivity contribution in [1.29, 1.82) is 5.41 Å². The van der Waals surface area contributed by atoms with Gasteiger partial charge in [-0.15, -0.1) is 0 Å². The summed E-state index contributed by atoms with van der Waals surface area (Å²) in [6.45, 7) is 7.23. The molecular formula is C18H25N3. The van der Waals surface area contributed by atoms with Crippen molar-refractivity contribution in [2.45, 2.75) is 26.8 Å². The Kier molecular flexibility index (Phi) is 5.34. The molecule has 3 heteroatoms. The van der Waals surface area contributed by atoms with Crippen LogP contribution in [0.4, 0.5) is 0 Å². The average Bonchev–Trinajstić information content (AvgIpc) is 2.44. The van der Waals surface area contributed by atoms with Crippen molar-refractivity contribution < 1.29 is 0 Å². The van der Waals surface area contributed by atoms with E-state index in [0.29, 0.717) is 12.3 Å². The van der Waals surface area contributed by atoms with Crippen LogP contribution in [0.3, 0.4) is 0 Å². The van der Waals surface area contributed by atoms with Gasteiger partial charge in [-0.25, -0.2) is 0 Å². The van der Waals surface area contributed by atoms with Crippen LogP contribution >= 0.6 is 0 Å². The van der Waals surface area contributed by atoms with Crippen molar-refractivity contribution in [3.8, 4) is 0 Å². The van der Waals surface area contributed by atoms with Gasteiger partial charge in [-0.1, -0.05) is 56.3 Å². The normalized spacial score (nSPS) is 11.4. The Balaban J connectivity index is 2.19. The Hall–Kier alpha value is -1.87. The fourth-order valence-electron chi connectivity index (χ4n) is 2.70. The Morgan fingerprint density at radius 3 is 2.57 bits per heavy atom. The molecule has 3 N–H and O–H groups in total. The summed E-state index contributed by atoms with van der Waals surface area (Å²) >= 11 is 0. The highest BCUT2D eigenvalue weighted by Crippen LogP contribution is 2.20. The quantitative estimate of drug-likeness (QED) is 0.602. The van der Waals surface area contributed by atoms with Crippen molar-refractivity contribution in [3.05, 3.63) is 48.0 Å². The minimum Gasteiger partial charge on any atom is -0.388 e. The zero-order valence-electron chi connectivity index (χ0n) is 13.0. The predicted molar refractivity (Wildman–Crippen MR) is 90.6 cm³/mol. The molecule has 0 atom stereocenters. The van der Waals surface area contributed by atoms with Gasteiger partial charge in [-0.05, 0) is 22.3 Å². The minimum atomic E-state index is 0.265. The van der Waals surface area contributed by atoms with Gasteiger partial charge in [-0.2, -0.15) is 0 Å². The molecule has 0 bridgehead atoms. The number of hydrogen-bond donors (Lipinski definition) is 2. The number of fused-ring (bicyclic) bond motifs is 1. The molecule has 0 saturated heterocycles. The van der Waals surface area contributed by atoms with Gasteiger partial charge in [0.25, 0.3) is 0 Å². The van der Waals surface area contributed by atoms with E-state index in [1.807, 2.05) is 0 Å². The highest BCUT2D eigenvalue weighted by Gasteiger charge is 2.10. The largest absolute Gasteiger partial charge is 0.388 e. The first-order chi connectivity index (χ1) is 10.1. The van der Waals surface area contributed by atoms with Gasteiger partial charge in [0.15, 0.2) is 0 Å². The molecule has 0 unspecified atom stereocenters. The molecule has 2 rings (SSSR count). The molecule has 0 aliphatic rings. The van der Waals surface area contributed by atoms with Gasteiger partial charge in [-0.3, -0.25) is 10.3 Å². The molecule has 0 aliphatic heterocycles. The molecule has 0 spiro atoms. The second-order valence-electron chi connectivity index (χ2n) is 6.04. The Morgan fingerprint density at radius 2 is 1.86 bits per heavy atom. The van der Waals surface area contributed by atoms with E-state index in [1.165, 1.54) is 16.3 Å². The van der Waals surface area contributed by atoms with Gasteiger partial charge >= 0.3 is 0 Å². The first-order valence-electron chi connectivity index (χ1n) is 7.58. The summed E-state index contributed by atoms with van der Waals surface area (Å²) in [5.41, 5.74) is 6.86. The van der Waals surface area contributed by atoms with Gasteiger partial charge in [0.1, 0.15) is 0 Å². The molecular weight excluding hydrogens is 258 g/mol. The van der Waals surface area contributed by atoms with Crippen molar-refractivity contribution in [2.75, 3.05) is 13.1 Å². The van der Waals surface area contributed by atoms with Crippen LogP contribution < -0.4 is 5.73 Å². The molecule has 2 aromatic carbocycles. The fourth-order valence-corrected chi connectivity index (χ4v) is 2.70. The lowest BCUT2D eigenvalue weighted by Gasteiger charge is -2.24. The maximum absolute atomic E-state index is 7.43. The van der Waals surface area contributed by atoms with E-state index in [2.05, 4.69) is 61.2 Å². The van der Waals surface area contributed by atoms with E-state index < -0.39 is 0 Å². The first kappa shape index (κ1) is 15.5. The molecule has 112 valence electrons. The van der Waals surface area contributed by atoms with Crippen molar-refractivity contribution in [2.24, 2.45) is 11.7 Å². The standard InChI is InChI=1S/C18H25N3/c1-14(2)12-21(11-10-18(19)20)13-16-8-5-7-15-6-3-4-9-17(15)16/h3-9,14H,10-13H2,1-2H3,(H3,19,20). The minimum absolute atomic E-state index is 0.265. The molecule has 0 aromatic heterocycles. The molecule has 0 aliphatic carbocycles. The van der Waals surface area contributed by atoms with Gasteiger partial charge in [0, 0.05) is 26.1 Å². The summed E-state index contributed by atoms with van der Waals surface area (Å²) < 4.78 is 0. The van der Waals surface area contributed by atoms with Crippen LogP contribution in [0.5, 0.6) is 0 Å². The molecule has 2 aromatic rings. The predicted octanol–water partition coefficient (Wildman–Crippen LogP) is 3.62. The highest BCUT2D eigenvalue weighted by atomic mass is 15.1. The van der Waals surface area contributed by atoms with Gasteiger partial charge in [0.05, 0.1) is 5.84 Å². The van der Waals surface area contributed by atoms with Crippen LogP contribution in [0.25, 0.3) is 10.8 Å². The summed E-state index contributed by atoms with van der Waals surface area (Å²) in [6, 6.07) is 15.0. The third-order valence-electron chi connectivity index (χ3n) is 3.59. The van der Waals surface area contributed by atoms with Crippen LogP contribution in [0, 0.1) is 11.3 Å². The Morgan fingerprint density at radius 1 is 1.14 bits per heavy atom. The topological polar surface area (TPSA) is 53.1 Å².